The molecule has 0 spiro atoms. The van der Waals surface area contributed by atoms with E-state index in [-0.39, 0.29) is 6.04 Å². The van der Waals surface area contributed by atoms with Crippen LogP contribution in [0.3, 0.4) is 0 Å². The van der Waals surface area contributed by atoms with Crippen LogP contribution in [0.25, 0.3) is 0 Å². The molecule has 0 heterocycles. The fraction of sp³-hybridized carbons (Fsp3) is 0.444. The summed E-state index contributed by atoms with van der Waals surface area (Å²) in [5, 5.41) is 2.87. The Hall–Kier alpha value is -1.43. The Labute approximate surface area is 72.8 Å². The third-order valence-corrected chi connectivity index (χ3v) is 1.33. The number of hydrogen-bond acceptors (Lipinski definition) is 3. The molecule has 1 N–H and O–H groups in total. The normalized spacial score (nSPS) is 12.1. The number of hydrogen-bond donors (Lipinski definition) is 1. The SMILES string of the molecule is C#CC(CC)N/C=C/C(=O)OC. The summed E-state index contributed by atoms with van der Waals surface area (Å²) >= 11 is 0. The van der Waals surface area contributed by atoms with Gasteiger partial charge in [0.05, 0.1) is 13.2 Å². The molecule has 0 amide bonds. The number of ether oxygens (including phenoxy) is 1. The Bertz CT molecular complexity index is 203. The highest BCUT2D eigenvalue weighted by molar-refractivity contribution is 5.81. The number of terminal acetylenes is 1. The van der Waals surface area contributed by atoms with Gasteiger partial charge in [-0.05, 0) is 6.42 Å². The summed E-state index contributed by atoms with van der Waals surface area (Å²) in [5.74, 6) is 2.13. The molecule has 0 aliphatic carbocycles. The van der Waals surface area contributed by atoms with Crippen molar-refractivity contribution >= 4 is 5.97 Å². The number of methoxy groups -OCH3 is 1. The second-order valence-corrected chi connectivity index (χ2v) is 2.15. The summed E-state index contributed by atoms with van der Waals surface area (Å²) < 4.78 is 4.38. The van der Waals surface area contributed by atoms with Crippen LogP contribution >= 0.6 is 0 Å². The minimum absolute atomic E-state index is 0.0223. The van der Waals surface area contributed by atoms with Crippen LogP contribution in [-0.4, -0.2) is 19.1 Å². The largest absolute Gasteiger partial charge is 0.466 e. The van der Waals surface area contributed by atoms with Gasteiger partial charge in [0.25, 0.3) is 0 Å². The zero-order chi connectivity index (χ0) is 9.40. The molecule has 0 aliphatic rings. The number of esters is 1. The first kappa shape index (κ1) is 10.6. The zero-order valence-electron chi connectivity index (χ0n) is 7.33. The van der Waals surface area contributed by atoms with Crippen molar-refractivity contribution in [1.82, 2.24) is 5.32 Å². The van der Waals surface area contributed by atoms with Crippen molar-refractivity contribution in [1.29, 1.82) is 0 Å². The lowest BCUT2D eigenvalue weighted by Gasteiger charge is -2.05. The van der Waals surface area contributed by atoms with E-state index >= 15 is 0 Å². The lowest BCUT2D eigenvalue weighted by atomic mass is 10.2. The predicted molar refractivity (Wildman–Crippen MR) is 47.2 cm³/mol. The van der Waals surface area contributed by atoms with E-state index < -0.39 is 5.97 Å². The molecule has 1 atom stereocenters. The quantitative estimate of drug-likeness (QED) is 0.380. The summed E-state index contributed by atoms with van der Waals surface area (Å²) in [6.07, 6.45) is 8.78. The van der Waals surface area contributed by atoms with Gasteiger partial charge in [-0.25, -0.2) is 4.79 Å². The highest BCUT2D eigenvalue weighted by Gasteiger charge is 1.96. The summed E-state index contributed by atoms with van der Waals surface area (Å²) in [7, 11) is 1.32. The van der Waals surface area contributed by atoms with Gasteiger partial charge in [-0.15, -0.1) is 6.42 Å². The van der Waals surface area contributed by atoms with Crippen LogP contribution in [-0.2, 0) is 9.53 Å². The van der Waals surface area contributed by atoms with Gasteiger partial charge in [0.15, 0.2) is 0 Å². The molecule has 0 aromatic heterocycles. The smallest absolute Gasteiger partial charge is 0.331 e. The molecule has 0 saturated heterocycles. The van der Waals surface area contributed by atoms with Gasteiger partial charge in [-0.1, -0.05) is 12.8 Å². The lowest BCUT2D eigenvalue weighted by molar-refractivity contribution is -0.134. The molecule has 0 fully saturated rings. The van der Waals surface area contributed by atoms with Crippen molar-refractivity contribution < 1.29 is 9.53 Å². The van der Waals surface area contributed by atoms with E-state index in [0.717, 1.165) is 6.42 Å². The van der Waals surface area contributed by atoms with Crippen LogP contribution in [0.4, 0.5) is 0 Å². The van der Waals surface area contributed by atoms with Gasteiger partial charge in [-0.2, -0.15) is 0 Å². The van der Waals surface area contributed by atoms with Crippen LogP contribution in [0.5, 0.6) is 0 Å². The Kier molecular flexibility index (Phi) is 5.54. The maximum Gasteiger partial charge on any atom is 0.331 e. The molecule has 0 radical (unpaired) electrons. The average molecular weight is 167 g/mol. The van der Waals surface area contributed by atoms with Crippen molar-refractivity contribution in [2.75, 3.05) is 7.11 Å². The van der Waals surface area contributed by atoms with Crippen LogP contribution in [0.2, 0.25) is 0 Å². The van der Waals surface area contributed by atoms with E-state index in [2.05, 4.69) is 16.0 Å². The van der Waals surface area contributed by atoms with Crippen LogP contribution < -0.4 is 5.32 Å². The van der Waals surface area contributed by atoms with E-state index in [0.29, 0.717) is 0 Å². The van der Waals surface area contributed by atoms with Gasteiger partial charge in [0, 0.05) is 12.3 Å². The number of rotatable bonds is 4. The van der Waals surface area contributed by atoms with Crippen molar-refractivity contribution in [3.63, 3.8) is 0 Å². The lowest BCUT2D eigenvalue weighted by Crippen LogP contribution is -2.21. The number of carbonyl (C=O) groups is 1. The molecule has 0 aromatic rings. The maximum atomic E-state index is 10.6. The van der Waals surface area contributed by atoms with Crippen molar-refractivity contribution in [2.24, 2.45) is 0 Å². The molecule has 0 aromatic carbocycles. The summed E-state index contributed by atoms with van der Waals surface area (Å²) in [4.78, 5) is 10.6. The standard InChI is InChI=1S/C9H13NO2/c1-4-8(5-2)10-7-6-9(11)12-3/h1,6-8,10H,5H2,2-3H3/b7-6+. The van der Waals surface area contributed by atoms with Gasteiger partial charge >= 0.3 is 5.97 Å². The molecule has 1 unspecified atom stereocenters. The van der Waals surface area contributed by atoms with Crippen molar-refractivity contribution in [3.8, 4) is 12.3 Å². The van der Waals surface area contributed by atoms with Gasteiger partial charge < -0.3 is 10.1 Å². The second kappa shape index (κ2) is 6.29. The Morgan fingerprint density at radius 1 is 1.83 bits per heavy atom. The fourth-order valence-electron chi connectivity index (χ4n) is 0.584. The molecule has 66 valence electrons. The first-order chi connectivity index (χ1) is 5.74. The molecule has 0 saturated carbocycles. The van der Waals surface area contributed by atoms with Gasteiger partial charge in [-0.3, -0.25) is 0 Å². The Morgan fingerprint density at radius 2 is 2.50 bits per heavy atom. The summed E-state index contributed by atoms with van der Waals surface area (Å²) in [6.45, 7) is 1.96. The highest BCUT2D eigenvalue weighted by Crippen LogP contribution is 1.87. The monoisotopic (exact) mass is 167 g/mol. The Morgan fingerprint density at radius 3 is 2.92 bits per heavy atom. The van der Waals surface area contributed by atoms with Crippen molar-refractivity contribution in [2.45, 2.75) is 19.4 Å². The van der Waals surface area contributed by atoms with E-state index in [9.17, 15) is 4.79 Å². The van der Waals surface area contributed by atoms with Crippen LogP contribution in [0.15, 0.2) is 12.3 Å². The van der Waals surface area contributed by atoms with E-state index in [1.165, 1.54) is 19.4 Å². The molecule has 0 bridgehead atoms. The molecular formula is C9H13NO2. The average Bonchev–Trinajstić information content (AvgIpc) is 2.12. The molecular weight excluding hydrogens is 154 g/mol. The summed E-state index contributed by atoms with van der Waals surface area (Å²) in [6, 6.07) is -0.0223. The van der Waals surface area contributed by atoms with Gasteiger partial charge in [0.2, 0.25) is 0 Å². The number of nitrogens with one attached hydrogen (secondary N) is 1. The van der Waals surface area contributed by atoms with E-state index in [4.69, 9.17) is 6.42 Å². The molecule has 0 rings (SSSR count). The fourth-order valence-corrected chi connectivity index (χ4v) is 0.584. The second-order valence-electron chi connectivity index (χ2n) is 2.15. The zero-order valence-corrected chi connectivity index (χ0v) is 7.33. The number of carbonyl (C=O) groups excluding carboxylic acids is 1. The topological polar surface area (TPSA) is 38.3 Å². The van der Waals surface area contributed by atoms with E-state index in [1.807, 2.05) is 6.92 Å². The first-order valence-electron chi connectivity index (χ1n) is 3.71. The highest BCUT2D eigenvalue weighted by atomic mass is 16.5. The van der Waals surface area contributed by atoms with Crippen molar-refractivity contribution in [3.05, 3.63) is 12.3 Å². The van der Waals surface area contributed by atoms with E-state index in [1.54, 1.807) is 0 Å². The minimum atomic E-state index is -0.394. The molecule has 0 aliphatic heterocycles. The molecule has 12 heavy (non-hydrogen) atoms. The van der Waals surface area contributed by atoms with Crippen LogP contribution in [0, 0.1) is 12.3 Å². The minimum Gasteiger partial charge on any atom is -0.466 e. The maximum absolute atomic E-state index is 10.6. The summed E-state index contributed by atoms with van der Waals surface area (Å²) in [5.41, 5.74) is 0. The molecule has 3 nitrogen and oxygen atoms in total. The third-order valence-electron chi connectivity index (χ3n) is 1.33. The molecule has 3 heteroatoms. The Balaban J connectivity index is 3.74. The first-order valence-corrected chi connectivity index (χ1v) is 3.71. The van der Waals surface area contributed by atoms with Gasteiger partial charge in [0.1, 0.15) is 0 Å². The predicted octanol–water partition coefficient (Wildman–Crippen LogP) is 0.674. The third kappa shape index (κ3) is 4.40. The van der Waals surface area contributed by atoms with Crippen LogP contribution in [0.1, 0.15) is 13.3 Å².